The third-order valence-electron chi connectivity index (χ3n) is 4.76. The summed E-state index contributed by atoms with van der Waals surface area (Å²) in [5.74, 6) is 4.51. The van der Waals surface area contributed by atoms with Crippen LogP contribution in [-0.4, -0.2) is 23.4 Å². The van der Waals surface area contributed by atoms with Crippen LogP contribution in [-0.2, 0) is 5.67 Å². The summed E-state index contributed by atoms with van der Waals surface area (Å²) < 4.78 is 92.9. The molecule has 180 valence electrons. The van der Waals surface area contributed by atoms with Gasteiger partial charge in [-0.05, 0) is 43.2 Å². The summed E-state index contributed by atoms with van der Waals surface area (Å²) in [6, 6.07) is 4.56. The Balaban J connectivity index is 2.55. The maximum atomic E-state index is 14.4. The van der Waals surface area contributed by atoms with Gasteiger partial charge < -0.3 is 10.8 Å². The van der Waals surface area contributed by atoms with E-state index in [2.05, 4.69) is 0 Å². The van der Waals surface area contributed by atoms with Crippen LogP contribution in [0.4, 0.5) is 36.4 Å². The molecule has 5 N–H and O–H groups in total. The number of aromatic carboxylic acids is 1. The summed E-state index contributed by atoms with van der Waals surface area (Å²) in [5, 5.41) is 9.95. The van der Waals surface area contributed by atoms with Gasteiger partial charge in [-0.1, -0.05) is 23.7 Å². The maximum Gasteiger partial charge on any atom is 0.435 e. The molecule has 0 aliphatic carbocycles. The zero-order valence-corrected chi connectivity index (χ0v) is 17.7. The number of anilines is 1. The summed E-state index contributed by atoms with van der Waals surface area (Å²) in [6.07, 6.45) is -11.4. The molecule has 5 nitrogen and oxygen atoms in total. The van der Waals surface area contributed by atoms with E-state index >= 15 is 0 Å². The SMILES string of the molecule is Cc1cc(C(F)(C(F)(F)F)C(F)(F)F)cc(C)c1/C(N)=C/N(N)c1ccc(Cl)c(C(=O)O)c1. The molecule has 2 aromatic carbocycles. The van der Waals surface area contributed by atoms with Crippen LogP contribution in [0.25, 0.3) is 5.70 Å². The van der Waals surface area contributed by atoms with Gasteiger partial charge in [-0.25, -0.2) is 15.0 Å². The molecule has 0 atom stereocenters. The van der Waals surface area contributed by atoms with Crippen molar-refractivity contribution in [2.75, 3.05) is 5.01 Å². The number of carboxylic acids is 1. The van der Waals surface area contributed by atoms with E-state index in [1.54, 1.807) is 0 Å². The zero-order chi connectivity index (χ0) is 25.5. The minimum atomic E-state index is -6.25. The first kappa shape index (κ1) is 26.3. The standard InChI is InChI=1S/C20H17ClF7N3O2/c1-9-5-11(18(22,19(23,24)25)20(26,27)28)6-10(2)16(9)15(29)8-31(30)12-3-4-14(21)13(7-12)17(32)33/h3-8H,29-30H2,1-2H3,(H,32,33)/b15-8-. The molecule has 0 saturated carbocycles. The highest BCUT2D eigenvalue weighted by Gasteiger charge is 2.73. The smallest absolute Gasteiger partial charge is 0.435 e. The van der Waals surface area contributed by atoms with Crippen molar-refractivity contribution in [3.05, 3.63) is 69.4 Å². The molecule has 0 amide bonds. The van der Waals surface area contributed by atoms with E-state index in [1.807, 2.05) is 0 Å². The molecule has 2 rings (SSSR count). The Bertz CT molecular complexity index is 1080. The van der Waals surface area contributed by atoms with E-state index in [4.69, 9.17) is 28.3 Å². The molecule has 13 heteroatoms. The lowest BCUT2D eigenvalue weighted by Gasteiger charge is -2.31. The van der Waals surface area contributed by atoms with E-state index in [1.165, 1.54) is 12.1 Å². The topological polar surface area (TPSA) is 92.6 Å². The minimum Gasteiger partial charge on any atom is -0.478 e. The van der Waals surface area contributed by atoms with E-state index in [9.17, 15) is 35.5 Å². The molecule has 0 heterocycles. The normalized spacial score (nSPS) is 13.2. The van der Waals surface area contributed by atoms with Crippen LogP contribution in [0.1, 0.15) is 32.6 Å². The third-order valence-corrected chi connectivity index (χ3v) is 5.09. The van der Waals surface area contributed by atoms with Crippen molar-refractivity contribution in [2.24, 2.45) is 11.6 Å². The number of hydrazine groups is 1. The predicted octanol–water partition coefficient (Wildman–Crippen LogP) is 5.58. The highest BCUT2D eigenvalue weighted by molar-refractivity contribution is 6.33. The minimum absolute atomic E-state index is 0.0216. The number of halogens is 8. The molecule has 0 aliphatic heterocycles. The van der Waals surface area contributed by atoms with Gasteiger partial charge in [0.15, 0.2) is 0 Å². The summed E-state index contributed by atoms with van der Waals surface area (Å²) in [6.45, 7) is 2.32. The Hall–Kier alpha value is -2.99. The van der Waals surface area contributed by atoms with Crippen LogP contribution in [0.3, 0.4) is 0 Å². The molecular formula is C20H17ClF7N3O2. The number of benzene rings is 2. The molecule has 0 spiro atoms. The largest absolute Gasteiger partial charge is 0.478 e. The van der Waals surface area contributed by atoms with Crippen molar-refractivity contribution in [3.63, 3.8) is 0 Å². The Morgan fingerprint density at radius 3 is 1.91 bits per heavy atom. The number of aryl methyl sites for hydroxylation is 2. The molecule has 0 bridgehead atoms. The predicted molar refractivity (Wildman–Crippen MR) is 108 cm³/mol. The van der Waals surface area contributed by atoms with Crippen LogP contribution in [0.5, 0.6) is 0 Å². The average molecular weight is 500 g/mol. The highest BCUT2D eigenvalue weighted by Crippen LogP contribution is 2.53. The van der Waals surface area contributed by atoms with Crippen LogP contribution < -0.4 is 16.6 Å². The molecule has 0 aliphatic rings. The van der Waals surface area contributed by atoms with Crippen LogP contribution >= 0.6 is 11.6 Å². The fraction of sp³-hybridized carbons (Fsp3) is 0.250. The van der Waals surface area contributed by atoms with E-state index in [0.717, 1.165) is 31.1 Å². The fourth-order valence-electron chi connectivity index (χ4n) is 3.23. The summed E-state index contributed by atoms with van der Waals surface area (Å²) in [5.41, 5.74) is -1.94. The number of nitrogens with two attached hydrogens (primary N) is 2. The number of rotatable bonds is 5. The quantitative estimate of drug-likeness (QED) is 0.284. The molecule has 0 aromatic heterocycles. The van der Waals surface area contributed by atoms with Crippen molar-refractivity contribution in [1.82, 2.24) is 0 Å². The fourth-order valence-corrected chi connectivity index (χ4v) is 3.43. The average Bonchev–Trinajstić information content (AvgIpc) is 2.64. The number of hydrogen-bond donors (Lipinski definition) is 3. The van der Waals surface area contributed by atoms with Gasteiger partial charge in [0.2, 0.25) is 0 Å². The number of nitrogens with zero attached hydrogens (tertiary/aromatic N) is 1. The van der Waals surface area contributed by atoms with Crippen molar-refractivity contribution in [2.45, 2.75) is 31.9 Å². The number of carboxylic acid groups (broad SMARTS) is 1. The van der Waals surface area contributed by atoms with Crippen LogP contribution in [0, 0.1) is 13.8 Å². The lowest BCUT2D eigenvalue weighted by atomic mass is 9.88. The first-order chi connectivity index (χ1) is 14.9. The second kappa shape index (κ2) is 8.75. The summed E-state index contributed by atoms with van der Waals surface area (Å²) in [7, 11) is 0. The van der Waals surface area contributed by atoms with E-state index in [-0.39, 0.29) is 38.7 Å². The Labute approximate surface area is 188 Å². The van der Waals surface area contributed by atoms with Crippen molar-refractivity contribution in [3.8, 4) is 0 Å². The van der Waals surface area contributed by atoms with Crippen molar-refractivity contribution >= 4 is 29.0 Å². The summed E-state index contributed by atoms with van der Waals surface area (Å²) in [4.78, 5) is 11.2. The molecule has 0 unspecified atom stereocenters. The van der Waals surface area contributed by atoms with Crippen LogP contribution in [0.2, 0.25) is 5.02 Å². The third kappa shape index (κ3) is 4.86. The Morgan fingerprint density at radius 1 is 1.00 bits per heavy atom. The highest BCUT2D eigenvalue weighted by atomic mass is 35.5. The van der Waals surface area contributed by atoms with Gasteiger partial charge in [-0.2, -0.15) is 26.3 Å². The monoisotopic (exact) mass is 499 g/mol. The number of hydrogen-bond acceptors (Lipinski definition) is 4. The molecular weight excluding hydrogens is 483 g/mol. The van der Waals surface area contributed by atoms with E-state index in [0.29, 0.717) is 12.1 Å². The number of alkyl halides is 7. The van der Waals surface area contributed by atoms with Gasteiger partial charge >= 0.3 is 24.0 Å². The Morgan fingerprint density at radius 2 is 1.48 bits per heavy atom. The molecule has 0 saturated heterocycles. The lowest BCUT2D eigenvalue weighted by Crippen LogP contribution is -2.50. The lowest BCUT2D eigenvalue weighted by molar-refractivity contribution is -0.348. The first-order valence-electron chi connectivity index (χ1n) is 8.90. The van der Waals surface area contributed by atoms with Crippen molar-refractivity contribution < 1.29 is 40.6 Å². The summed E-state index contributed by atoms with van der Waals surface area (Å²) >= 11 is 5.78. The van der Waals surface area contributed by atoms with E-state index < -0.39 is 29.6 Å². The Kier molecular flexibility index (Phi) is 6.96. The number of carbonyl (C=O) groups is 1. The molecule has 0 radical (unpaired) electrons. The second-order valence-corrected chi connectivity index (χ2v) is 7.51. The van der Waals surface area contributed by atoms with Crippen LogP contribution in [0.15, 0.2) is 36.5 Å². The van der Waals surface area contributed by atoms with Gasteiger partial charge in [-0.15, -0.1) is 0 Å². The second-order valence-electron chi connectivity index (χ2n) is 7.10. The molecule has 2 aromatic rings. The van der Waals surface area contributed by atoms with Gasteiger partial charge in [0.05, 0.1) is 22.0 Å². The van der Waals surface area contributed by atoms with Gasteiger partial charge in [-0.3, -0.25) is 5.01 Å². The molecule has 33 heavy (non-hydrogen) atoms. The first-order valence-corrected chi connectivity index (χ1v) is 9.28. The van der Waals surface area contributed by atoms with Crippen molar-refractivity contribution in [1.29, 1.82) is 0 Å². The maximum absolute atomic E-state index is 14.4. The van der Waals surface area contributed by atoms with Gasteiger partial charge in [0, 0.05) is 17.3 Å². The molecule has 0 fully saturated rings. The van der Waals surface area contributed by atoms with Gasteiger partial charge in [0.25, 0.3) is 0 Å². The van der Waals surface area contributed by atoms with Gasteiger partial charge in [0.1, 0.15) is 0 Å². The zero-order valence-electron chi connectivity index (χ0n) is 16.9.